The van der Waals surface area contributed by atoms with Crippen LogP contribution in [0, 0.1) is 0 Å². The summed E-state index contributed by atoms with van der Waals surface area (Å²) < 4.78 is 5.11. The molecule has 11 heavy (non-hydrogen) atoms. The summed E-state index contributed by atoms with van der Waals surface area (Å²) in [7, 11) is 1.74. The van der Waals surface area contributed by atoms with Gasteiger partial charge in [-0.3, -0.25) is 4.99 Å². The molecule has 0 spiro atoms. The van der Waals surface area contributed by atoms with Crippen molar-refractivity contribution in [2.75, 3.05) is 7.05 Å². The highest BCUT2D eigenvalue weighted by atomic mass is 16.5. The minimum Gasteiger partial charge on any atom is -0.446 e. The highest BCUT2D eigenvalue weighted by molar-refractivity contribution is 5.98. The van der Waals surface area contributed by atoms with Gasteiger partial charge < -0.3 is 4.74 Å². The maximum absolute atomic E-state index is 5.11. The third kappa shape index (κ3) is 1.93. The second kappa shape index (κ2) is 3.96. The summed E-state index contributed by atoms with van der Waals surface area (Å²) >= 11 is 0. The standard InChI is InChI=1S/C9H13NO/c1-3-4-5-8-6-7-11-9(8)10-2/h5-7H,3-4H2,1-2H3. The third-order valence-corrected chi connectivity index (χ3v) is 1.53. The minimum atomic E-state index is 0.735. The molecule has 1 heterocycles. The van der Waals surface area contributed by atoms with E-state index in [0.29, 0.717) is 0 Å². The molecule has 1 aliphatic heterocycles. The third-order valence-electron chi connectivity index (χ3n) is 1.53. The number of hydrogen-bond donors (Lipinski definition) is 0. The van der Waals surface area contributed by atoms with Gasteiger partial charge in [-0.2, -0.15) is 0 Å². The molecule has 1 rings (SSSR count). The first-order chi connectivity index (χ1) is 5.38. The van der Waals surface area contributed by atoms with E-state index in [2.05, 4.69) is 18.0 Å². The van der Waals surface area contributed by atoms with Crippen LogP contribution < -0.4 is 0 Å². The van der Waals surface area contributed by atoms with Crippen LogP contribution >= 0.6 is 0 Å². The molecular weight excluding hydrogens is 138 g/mol. The van der Waals surface area contributed by atoms with Crippen molar-refractivity contribution in [3.05, 3.63) is 24.0 Å². The second-order valence-electron chi connectivity index (χ2n) is 2.40. The molecule has 0 saturated carbocycles. The van der Waals surface area contributed by atoms with E-state index in [-0.39, 0.29) is 0 Å². The number of nitrogens with zero attached hydrogens (tertiary/aromatic N) is 1. The molecule has 0 aromatic carbocycles. The summed E-state index contributed by atoms with van der Waals surface area (Å²) in [5.74, 6) is 0.735. The topological polar surface area (TPSA) is 21.6 Å². The normalized spacial score (nSPS) is 23.1. The summed E-state index contributed by atoms with van der Waals surface area (Å²) in [4.78, 5) is 3.99. The molecule has 0 unspecified atom stereocenters. The Bertz CT molecular complexity index is 214. The highest BCUT2D eigenvalue weighted by Crippen LogP contribution is 2.11. The van der Waals surface area contributed by atoms with Crippen LogP contribution in [-0.4, -0.2) is 12.9 Å². The Balaban J connectivity index is 2.63. The molecule has 0 N–H and O–H groups in total. The lowest BCUT2D eigenvalue weighted by Gasteiger charge is -1.95. The van der Waals surface area contributed by atoms with Crippen molar-refractivity contribution in [2.45, 2.75) is 19.8 Å². The Morgan fingerprint density at radius 1 is 1.64 bits per heavy atom. The van der Waals surface area contributed by atoms with Crippen LogP contribution in [0.5, 0.6) is 0 Å². The van der Waals surface area contributed by atoms with Gasteiger partial charge in [-0.1, -0.05) is 19.4 Å². The van der Waals surface area contributed by atoms with E-state index in [1.54, 1.807) is 13.3 Å². The molecule has 2 heteroatoms. The first-order valence-electron chi connectivity index (χ1n) is 3.89. The molecule has 0 bridgehead atoms. The van der Waals surface area contributed by atoms with Crippen LogP contribution in [-0.2, 0) is 4.74 Å². The maximum Gasteiger partial charge on any atom is 0.220 e. The van der Waals surface area contributed by atoms with Crippen LogP contribution in [0.1, 0.15) is 19.8 Å². The molecule has 0 fully saturated rings. The molecule has 0 radical (unpaired) electrons. The van der Waals surface area contributed by atoms with Gasteiger partial charge in [0, 0.05) is 12.6 Å². The van der Waals surface area contributed by atoms with Gasteiger partial charge in [0.1, 0.15) is 0 Å². The number of hydrogen-bond acceptors (Lipinski definition) is 2. The fraction of sp³-hybridized carbons (Fsp3) is 0.444. The van der Waals surface area contributed by atoms with Gasteiger partial charge in [-0.15, -0.1) is 0 Å². The zero-order chi connectivity index (χ0) is 8.10. The lowest BCUT2D eigenvalue weighted by atomic mass is 10.2. The summed E-state index contributed by atoms with van der Waals surface area (Å²) in [6.07, 6.45) is 8.00. The fourth-order valence-corrected chi connectivity index (χ4v) is 0.948. The van der Waals surface area contributed by atoms with Crippen LogP contribution in [0.2, 0.25) is 0 Å². The Labute approximate surface area is 67.3 Å². The number of aliphatic imine (C=N–C) groups is 1. The van der Waals surface area contributed by atoms with Crippen LogP contribution in [0.25, 0.3) is 0 Å². The zero-order valence-corrected chi connectivity index (χ0v) is 7.00. The van der Waals surface area contributed by atoms with Gasteiger partial charge in [0.25, 0.3) is 0 Å². The molecule has 60 valence electrons. The molecule has 0 aromatic rings. The van der Waals surface area contributed by atoms with Gasteiger partial charge in [-0.25, -0.2) is 0 Å². The van der Waals surface area contributed by atoms with Crippen molar-refractivity contribution in [3.8, 4) is 0 Å². The summed E-state index contributed by atoms with van der Waals surface area (Å²) in [5.41, 5.74) is 1.11. The van der Waals surface area contributed by atoms with Crippen LogP contribution in [0.4, 0.5) is 0 Å². The van der Waals surface area contributed by atoms with E-state index >= 15 is 0 Å². The molecule has 0 amide bonds. The molecule has 1 aliphatic rings. The van der Waals surface area contributed by atoms with Crippen molar-refractivity contribution in [3.63, 3.8) is 0 Å². The molecule has 0 atom stereocenters. The quantitative estimate of drug-likeness (QED) is 0.593. The SMILES string of the molecule is CCCC=C1C=COC1=NC. The average molecular weight is 151 g/mol. The van der Waals surface area contributed by atoms with E-state index < -0.39 is 0 Å². The summed E-state index contributed by atoms with van der Waals surface area (Å²) in [6, 6.07) is 0. The van der Waals surface area contributed by atoms with Gasteiger partial charge in [0.05, 0.1) is 6.26 Å². The van der Waals surface area contributed by atoms with Crippen molar-refractivity contribution >= 4 is 5.90 Å². The molecule has 0 aliphatic carbocycles. The first kappa shape index (κ1) is 8.05. The van der Waals surface area contributed by atoms with E-state index in [1.165, 1.54) is 0 Å². The van der Waals surface area contributed by atoms with Gasteiger partial charge in [-0.05, 0) is 12.5 Å². The van der Waals surface area contributed by atoms with Crippen molar-refractivity contribution in [2.24, 2.45) is 4.99 Å². The second-order valence-corrected chi connectivity index (χ2v) is 2.40. The largest absolute Gasteiger partial charge is 0.446 e. The van der Waals surface area contributed by atoms with Crippen molar-refractivity contribution in [1.29, 1.82) is 0 Å². The van der Waals surface area contributed by atoms with Crippen molar-refractivity contribution < 1.29 is 4.74 Å². The zero-order valence-electron chi connectivity index (χ0n) is 7.00. The lowest BCUT2D eigenvalue weighted by Crippen LogP contribution is -1.96. The number of ether oxygens (including phenoxy) is 1. The highest BCUT2D eigenvalue weighted by Gasteiger charge is 2.08. The first-order valence-corrected chi connectivity index (χ1v) is 3.89. The van der Waals surface area contributed by atoms with E-state index in [4.69, 9.17) is 4.74 Å². The fourth-order valence-electron chi connectivity index (χ4n) is 0.948. The number of unbranched alkanes of at least 4 members (excludes halogenated alkanes) is 1. The monoisotopic (exact) mass is 151 g/mol. The van der Waals surface area contributed by atoms with Crippen molar-refractivity contribution in [1.82, 2.24) is 0 Å². The van der Waals surface area contributed by atoms with Crippen LogP contribution in [0.3, 0.4) is 0 Å². The maximum atomic E-state index is 5.11. The van der Waals surface area contributed by atoms with Crippen LogP contribution in [0.15, 0.2) is 29.0 Å². The summed E-state index contributed by atoms with van der Waals surface area (Å²) in [6.45, 7) is 2.15. The number of allylic oxidation sites excluding steroid dienone is 1. The van der Waals surface area contributed by atoms with Gasteiger partial charge >= 0.3 is 0 Å². The summed E-state index contributed by atoms with van der Waals surface area (Å²) in [5, 5.41) is 0. The predicted molar refractivity (Wildman–Crippen MR) is 46.6 cm³/mol. The Morgan fingerprint density at radius 3 is 3.09 bits per heavy atom. The number of rotatable bonds is 2. The van der Waals surface area contributed by atoms with Gasteiger partial charge in [0.2, 0.25) is 5.90 Å². The Kier molecular flexibility index (Phi) is 2.90. The minimum absolute atomic E-state index is 0.735. The molecule has 2 nitrogen and oxygen atoms in total. The average Bonchev–Trinajstić information content (AvgIpc) is 2.47. The smallest absolute Gasteiger partial charge is 0.220 e. The Hall–Kier alpha value is -1.05. The molecule has 0 saturated heterocycles. The molecule has 0 aromatic heterocycles. The lowest BCUT2D eigenvalue weighted by molar-refractivity contribution is 0.486. The van der Waals surface area contributed by atoms with E-state index in [1.807, 2.05) is 6.08 Å². The molecular formula is C9H13NO. The Morgan fingerprint density at radius 2 is 2.45 bits per heavy atom. The van der Waals surface area contributed by atoms with Gasteiger partial charge in [0.15, 0.2) is 0 Å². The predicted octanol–water partition coefficient (Wildman–Crippen LogP) is 2.29. The van der Waals surface area contributed by atoms with E-state index in [0.717, 1.165) is 24.3 Å². The van der Waals surface area contributed by atoms with E-state index in [9.17, 15) is 0 Å².